The molecule has 1 aliphatic heterocycles. The number of carbonyl (C=O) groups is 1. The fraction of sp³-hybridized carbons (Fsp3) is 0.300. The van der Waals surface area contributed by atoms with Crippen molar-refractivity contribution in [1.82, 2.24) is 4.90 Å². The van der Waals surface area contributed by atoms with Crippen molar-refractivity contribution in [1.29, 1.82) is 0 Å². The first-order chi connectivity index (χ1) is 11.6. The molecule has 0 aromatic heterocycles. The van der Waals surface area contributed by atoms with Gasteiger partial charge in [0.2, 0.25) is 0 Å². The third-order valence-electron chi connectivity index (χ3n) is 4.54. The van der Waals surface area contributed by atoms with Crippen LogP contribution in [0, 0.1) is 0 Å². The van der Waals surface area contributed by atoms with Gasteiger partial charge in [-0.05, 0) is 0 Å². The van der Waals surface area contributed by atoms with Gasteiger partial charge in [-0.3, -0.25) is 0 Å². The molecule has 0 saturated carbocycles. The summed E-state index contributed by atoms with van der Waals surface area (Å²) in [6.45, 7) is 4.09. The van der Waals surface area contributed by atoms with E-state index in [1.54, 1.807) is 4.90 Å². The number of rotatable bonds is 4. The Morgan fingerprint density at radius 2 is 1.71 bits per heavy atom. The molecular formula is C20H21NO2Se. The Labute approximate surface area is 151 Å². The standard InChI is InChI=1S/C20H21NO2Se/c1-3-17(15-10-6-4-7-11-15)19(22)21-14(2)18(23-20(21)24)16-12-8-5-9-13-16/h4-14,17-18H,3H2,1-2H3/t14-,17+,18-/m1/s1. The van der Waals surface area contributed by atoms with Gasteiger partial charge in [0, 0.05) is 0 Å². The molecule has 1 heterocycles. The van der Waals surface area contributed by atoms with Crippen molar-refractivity contribution in [3.63, 3.8) is 0 Å². The van der Waals surface area contributed by atoms with Gasteiger partial charge in [-0.2, -0.15) is 0 Å². The second kappa shape index (κ2) is 7.33. The van der Waals surface area contributed by atoms with Crippen molar-refractivity contribution in [3.05, 3.63) is 71.8 Å². The maximum atomic E-state index is 13.2. The molecule has 2 aromatic carbocycles. The van der Waals surface area contributed by atoms with Gasteiger partial charge in [-0.25, -0.2) is 0 Å². The first-order valence-electron chi connectivity index (χ1n) is 8.27. The van der Waals surface area contributed by atoms with Crippen LogP contribution in [0.25, 0.3) is 0 Å². The van der Waals surface area contributed by atoms with Crippen LogP contribution in [0.4, 0.5) is 0 Å². The van der Waals surface area contributed by atoms with Crippen LogP contribution in [-0.4, -0.2) is 37.2 Å². The molecule has 0 unspecified atom stereocenters. The Morgan fingerprint density at radius 1 is 1.12 bits per heavy atom. The van der Waals surface area contributed by atoms with Gasteiger partial charge in [-0.1, -0.05) is 0 Å². The topological polar surface area (TPSA) is 29.5 Å². The fourth-order valence-electron chi connectivity index (χ4n) is 3.25. The van der Waals surface area contributed by atoms with E-state index in [-0.39, 0.29) is 24.0 Å². The van der Waals surface area contributed by atoms with E-state index in [0.717, 1.165) is 17.5 Å². The number of carbonyl (C=O) groups excluding carboxylic acids is 1. The third-order valence-corrected chi connectivity index (χ3v) is 5.16. The van der Waals surface area contributed by atoms with Gasteiger partial charge in [0.1, 0.15) is 0 Å². The molecule has 4 heteroatoms. The summed E-state index contributed by atoms with van der Waals surface area (Å²) in [5, 5.41) is 0. The molecule has 1 saturated heterocycles. The van der Waals surface area contributed by atoms with Gasteiger partial charge in [0.15, 0.2) is 0 Å². The van der Waals surface area contributed by atoms with Crippen LogP contribution < -0.4 is 0 Å². The van der Waals surface area contributed by atoms with Gasteiger partial charge < -0.3 is 0 Å². The van der Waals surface area contributed by atoms with E-state index in [1.165, 1.54) is 0 Å². The Kier molecular flexibility index (Phi) is 5.17. The number of amides is 1. The predicted octanol–water partition coefficient (Wildman–Crippen LogP) is 3.42. The quantitative estimate of drug-likeness (QED) is 0.754. The third kappa shape index (κ3) is 3.17. The Balaban J connectivity index is 1.86. The molecule has 124 valence electrons. The first-order valence-corrected chi connectivity index (χ1v) is 9.12. The van der Waals surface area contributed by atoms with Crippen molar-refractivity contribution in [2.75, 3.05) is 0 Å². The summed E-state index contributed by atoms with van der Waals surface area (Å²) in [6, 6.07) is 20.0. The fourth-order valence-corrected chi connectivity index (χ4v) is 4.01. The van der Waals surface area contributed by atoms with Crippen molar-refractivity contribution in [2.24, 2.45) is 0 Å². The zero-order valence-corrected chi connectivity index (χ0v) is 15.6. The summed E-state index contributed by atoms with van der Waals surface area (Å²) >= 11 is 2.93. The van der Waals surface area contributed by atoms with E-state index in [4.69, 9.17) is 4.74 Å². The zero-order chi connectivity index (χ0) is 17.1. The Morgan fingerprint density at radius 3 is 2.29 bits per heavy atom. The molecule has 3 atom stereocenters. The molecule has 0 bridgehead atoms. The molecule has 0 N–H and O–H groups in total. The number of hydrogen-bond acceptors (Lipinski definition) is 2. The van der Waals surface area contributed by atoms with Crippen molar-refractivity contribution in [2.45, 2.75) is 38.3 Å². The van der Waals surface area contributed by atoms with Crippen LogP contribution >= 0.6 is 0 Å². The van der Waals surface area contributed by atoms with Crippen LogP contribution in [-0.2, 0) is 9.53 Å². The normalized spacial score (nSPS) is 21.4. The van der Waals surface area contributed by atoms with Gasteiger partial charge in [-0.15, -0.1) is 0 Å². The Hall–Kier alpha value is -1.90. The van der Waals surface area contributed by atoms with Gasteiger partial charge in [0.25, 0.3) is 0 Å². The molecule has 24 heavy (non-hydrogen) atoms. The first kappa shape index (κ1) is 16.9. The van der Waals surface area contributed by atoms with Crippen LogP contribution in [0.1, 0.15) is 43.4 Å². The van der Waals surface area contributed by atoms with Gasteiger partial charge >= 0.3 is 151 Å². The second-order valence-corrected chi connectivity index (χ2v) is 6.77. The number of nitrogens with zero attached hydrogens (tertiary/aromatic N) is 1. The average Bonchev–Trinajstić information content (AvgIpc) is 2.91. The van der Waals surface area contributed by atoms with E-state index in [2.05, 4.69) is 15.6 Å². The molecule has 0 radical (unpaired) electrons. The SMILES string of the molecule is CC[C@H](C(=O)N1C(=[Se])O[C@@H](c2ccccc2)[C@H]1C)c1ccccc1. The zero-order valence-electron chi connectivity index (χ0n) is 13.9. The molecular weight excluding hydrogens is 365 g/mol. The van der Waals surface area contributed by atoms with E-state index >= 15 is 0 Å². The van der Waals surface area contributed by atoms with Crippen LogP contribution in [0.3, 0.4) is 0 Å². The Bertz CT molecular complexity index is 717. The summed E-state index contributed by atoms with van der Waals surface area (Å²) in [7, 11) is 0. The molecule has 0 spiro atoms. The van der Waals surface area contributed by atoms with Crippen LogP contribution in [0.15, 0.2) is 60.7 Å². The number of ether oxygens (including phenoxy) is 1. The molecule has 1 aliphatic rings. The molecule has 1 fully saturated rings. The summed E-state index contributed by atoms with van der Waals surface area (Å²) in [6.07, 6.45) is 0.620. The predicted molar refractivity (Wildman–Crippen MR) is 96.8 cm³/mol. The van der Waals surface area contributed by atoms with E-state index < -0.39 is 0 Å². The molecule has 3 rings (SSSR count). The molecule has 3 nitrogen and oxygen atoms in total. The number of hydrogen-bond donors (Lipinski definition) is 0. The summed E-state index contributed by atoms with van der Waals surface area (Å²) in [5.74, 6) is -0.0708. The van der Waals surface area contributed by atoms with E-state index in [9.17, 15) is 4.79 Å². The molecule has 1 amide bonds. The molecule has 2 aromatic rings. The minimum absolute atomic E-state index is 0.0473. The van der Waals surface area contributed by atoms with Crippen molar-refractivity contribution < 1.29 is 9.53 Å². The van der Waals surface area contributed by atoms with E-state index in [0.29, 0.717) is 4.73 Å². The van der Waals surface area contributed by atoms with Crippen molar-refractivity contribution in [3.8, 4) is 0 Å². The van der Waals surface area contributed by atoms with E-state index in [1.807, 2.05) is 74.5 Å². The van der Waals surface area contributed by atoms with Crippen molar-refractivity contribution >= 4 is 26.2 Å². The molecule has 0 aliphatic carbocycles. The van der Waals surface area contributed by atoms with Gasteiger partial charge in [0.05, 0.1) is 0 Å². The minimum atomic E-state index is -0.157. The number of benzene rings is 2. The average molecular weight is 386 g/mol. The monoisotopic (exact) mass is 387 g/mol. The summed E-state index contributed by atoms with van der Waals surface area (Å²) in [4.78, 5) is 15.0. The second-order valence-electron chi connectivity index (χ2n) is 6.04. The summed E-state index contributed by atoms with van der Waals surface area (Å²) in [5.41, 5.74) is 2.13. The maximum absolute atomic E-state index is 13.2. The van der Waals surface area contributed by atoms with Crippen LogP contribution in [0.2, 0.25) is 0 Å². The van der Waals surface area contributed by atoms with Crippen LogP contribution in [0.5, 0.6) is 0 Å². The summed E-state index contributed by atoms with van der Waals surface area (Å²) < 4.78 is 6.56.